The van der Waals surface area contributed by atoms with Crippen LogP contribution in [0.1, 0.15) is 5.69 Å². The number of rotatable bonds is 2. The zero-order valence-electron chi connectivity index (χ0n) is 12.3. The maximum Gasteiger partial charge on any atom is 0.158 e. The van der Waals surface area contributed by atoms with Crippen LogP contribution in [-0.4, -0.2) is 14.3 Å². The van der Waals surface area contributed by atoms with Crippen LogP contribution in [0.3, 0.4) is 0 Å². The van der Waals surface area contributed by atoms with Crippen LogP contribution in [0.15, 0.2) is 42.5 Å². The second-order valence-corrected chi connectivity index (χ2v) is 8.32. The standard InChI is InChI=1S/C17H8Cl6N2/c18-10-5-3-9(4-6-10)13-14(19)12(8-24)25(16(13)21)11-2-1-7-17(22,23)15(11)20/h1-7,15H. The van der Waals surface area contributed by atoms with Crippen molar-refractivity contribution in [3.05, 3.63) is 63.4 Å². The van der Waals surface area contributed by atoms with Crippen LogP contribution in [0.4, 0.5) is 0 Å². The molecule has 0 saturated carbocycles. The molecule has 1 aliphatic carbocycles. The number of nitrogens with zero attached hydrogens (tertiary/aromatic N) is 2. The van der Waals surface area contributed by atoms with E-state index in [1.54, 1.807) is 42.5 Å². The molecule has 0 amide bonds. The fraction of sp³-hybridized carbons (Fsp3) is 0.118. The molecular weight excluding hydrogens is 445 g/mol. The Morgan fingerprint density at radius 2 is 1.72 bits per heavy atom. The van der Waals surface area contributed by atoms with Crippen molar-refractivity contribution >= 4 is 75.3 Å². The van der Waals surface area contributed by atoms with Gasteiger partial charge in [0.15, 0.2) is 4.33 Å². The minimum Gasteiger partial charge on any atom is -0.292 e. The lowest BCUT2D eigenvalue weighted by Crippen LogP contribution is -2.30. The highest BCUT2D eigenvalue weighted by molar-refractivity contribution is 6.55. The molecule has 25 heavy (non-hydrogen) atoms. The average Bonchev–Trinajstić information content (AvgIpc) is 2.81. The summed E-state index contributed by atoms with van der Waals surface area (Å²) in [6, 6.07) is 9.01. The van der Waals surface area contributed by atoms with Gasteiger partial charge in [0.05, 0.1) is 5.02 Å². The van der Waals surface area contributed by atoms with Gasteiger partial charge >= 0.3 is 0 Å². The molecule has 0 bridgehead atoms. The monoisotopic (exact) mass is 450 g/mol. The summed E-state index contributed by atoms with van der Waals surface area (Å²) in [4.78, 5) is 0. The van der Waals surface area contributed by atoms with Crippen molar-refractivity contribution in [2.75, 3.05) is 0 Å². The predicted octanol–water partition coefficient (Wildman–Crippen LogP) is 7.18. The molecule has 0 fully saturated rings. The van der Waals surface area contributed by atoms with Gasteiger partial charge in [-0.1, -0.05) is 76.2 Å². The molecule has 1 unspecified atom stereocenters. The van der Waals surface area contributed by atoms with E-state index < -0.39 is 9.71 Å². The van der Waals surface area contributed by atoms with E-state index in [4.69, 9.17) is 69.6 Å². The Labute approximate surface area is 174 Å². The Kier molecular flexibility index (Phi) is 5.38. The van der Waals surface area contributed by atoms with Crippen molar-refractivity contribution in [3.8, 4) is 17.2 Å². The summed E-state index contributed by atoms with van der Waals surface area (Å²) < 4.78 is 0.132. The van der Waals surface area contributed by atoms with Gasteiger partial charge < -0.3 is 0 Å². The zero-order valence-corrected chi connectivity index (χ0v) is 16.8. The molecule has 128 valence electrons. The zero-order chi connectivity index (χ0) is 18.4. The Bertz CT molecular complexity index is 932. The lowest BCUT2D eigenvalue weighted by atomic mass is 10.1. The van der Waals surface area contributed by atoms with Crippen LogP contribution in [-0.2, 0) is 0 Å². The fourth-order valence-corrected chi connectivity index (χ4v) is 4.05. The van der Waals surface area contributed by atoms with E-state index in [-0.39, 0.29) is 15.9 Å². The molecule has 2 nitrogen and oxygen atoms in total. The van der Waals surface area contributed by atoms with Crippen LogP contribution >= 0.6 is 69.6 Å². The summed E-state index contributed by atoms with van der Waals surface area (Å²) in [6.07, 6.45) is 4.90. The van der Waals surface area contributed by atoms with Crippen LogP contribution in [0, 0.1) is 11.3 Å². The molecule has 8 heteroatoms. The topological polar surface area (TPSA) is 28.7 Å². The molecule has 1 heterocycles. The van der Waals surface area contributed by atoms with Gasteiger partial charge in [0, 0.05) is 16.3 Å². The van der Waals surface area contributed by atoms with Gasteiger partial charge in [-0.3, -0.25) is 4.57 Å². The predicted molar refractivity (Wildman–Crippen MR) is 107 cm³/mol. The summed E-state index contributed by atoms with van der Waals surface area (Å²) in [7, 11) is 0. The van der Waals surface area contributed by atoms with Crippen molar-refractivity contribution in [1.29, 1.82) is 5.26 Å². The smallest absolute Gasteiger partial charge is 0.158 e. The molecule has 0 radical (unpaired) electrons. The Hall–Kier alpha value is -0.790. The number of alkyl halides is 3. The summed E-state index contributed by atoms with van der Waals surface area (Å²) in [5.41, 5.74) is 1.83. The van der Waals surface area contributed by atoms with Crippen LogP contribution < -0.4 is 0 Å². The Balaban J connectivity index is 2.25. The lowest BCUT2D eigenvalue weighted by molar-refractivity contribution is 0.903. The molecule has 0 N–H and O–H groups in total. The molecule has 1 aromatic heterocycles. The molecule has 1 atom stereocenters. The molecular formula is C17H8Cl6N2. The first-order valence-electron chi connectivity index (χ1n) is 6.95. The van der Waals surface area contributed by atoms with Crippen molar-refractivity contribution < 1.29 is 0 Å². The number of aromatic nitrogens is 1. The van der Waals surface area contributed by atoms with Crippen molar-refractivity contribution in [2.45, 2.75) is 9.71 Å². The quantitative estimate of drug-likeness (QED) is 0.443. The SMILES string of the molecule is N#Cc1c(Cl)c(-c2ccc(Cl)cc2)c(Cl)n1C1=CC=CC(Cl)(Cl)C1Cl. The van der Waals surface area contributed by atoms with E-state index in [9.17, 15) is 5.26 Å². The minimum absolute atomic E-state index is 0.146. The lowest BCUT2D eigenvalue weighted by Gasteiger charge is -2.28. The van der Waals surface area contributed by atoms with Gasteiger partial charge in [-0.05, 0) is 29.8 Å². The first-order chi connectivity index (χ1) is 11.8. The van der Waals surface area contributed by atoms with Gasteiger partial charge in [0.25, 0.3) is 0 Å². The molecule has 0 spiro atoms. The second-order valence-electron chi connectivity index (χ2n) is 5.27. The maximum absolute atomic E-state index is 9.59. The third-order valence-electron chi connectivity index (χ3n) is 3.73. The number of hydrogen-bond donors (Lipinski definition) is 0. The third-order valence-corrected chi connectivity index (χ3v) is 6.19. The normalized spacial score (nSPS) is 18.8. The van der Waals surface area contributed by atoms with Crippen LogP contribution in [0.25, 0.3) is 16.8 Å². The molecule has 1 aliphatic rings. The van der Waals surface area contributed by atoms with E-state index in [0.29, 0.717) is 16.3 Å². The summed E-state index contributed by atoms with van der Waals surface area (Å²) in [5.74, 6) is 0. The highest BCUT2D eigenvalue weighted by atomic mass is 35.5. The molecule has 2 aromatic rings. The van der Waals surface area contributed by atoms with E-state index in [0.717, 1.165) is 5.56 Å². The first-order valence-corrected chi connectivity index (χ1v) is 9.28. The number of allylic oxidation sites excluding steroid dienone is 4. The number of benzene rings is 1. The molecule has 0 saturated heterocycles. The average molecular weight is 453 g/mol. The highest BCUT2D eigenvalue weighted by Gasteiger charge is 2.38. The van der Waals surface area contributed by atoms with E-state index in [1.807, 2.05) is 0 Å². The van der Waals surface area contributed by atoms with Crippen molar-refractivity contribution in [3.63, 3.8) is 0 Å². The second kappa shape index (κ2) is 7.08. The van der Waals surface area contributed by atoms with E-state index >= 15 is 0 Å². The van der Waals surface area contributed by atoms with E-state index in [1.165, 1.54) is 4.57 Å². The van der Waals surface area contributed by atoms with Gasteiger partial charge in [-0.15, -0.1) is 11.6 Å². The fourth-order valence-electron chi connectivity index (χ4n) is 2.55. The van der Waals surface area contributed by atoms with Crippen LogP contribution in [0.2, 0.25) is 15.2 Å². The van der Waals surface area contributed by atoms with Gasteiger partial charge in [-0.25, -0.2) is 0 Å². The molecule has 3 rings (SSSR count). The maximum atomic E-state index is 9.59. The van der Waals surface area contributed by atoms with Crippen molar-refractivity contribution in [1.82, 2.24) is 4.57 Å². The number of nitriles is 1. The van der Waals surface area contributed by atoms with Gasteiger partial charge in [0.1, 0.15) is 22.3 Å². The summed E-state index contributed by atoms with van der Waals surface area (Å²) in [5, 5.41) is 9.78. The number of halogens is 6. The minimum atomic E-state index is -1.33. The van der Waals surface area contributed by atoms with E-state index in [2.05, 4.69) is 6.07 Å². The number of hydrogen-bond acceptors (Lipinski definition) is 1. The van der Waals surface area contributed by atoms with Gasteiger partial charge in [-0.2, -0.15) is 5.26 Å². The van der Waals surface area contributed by atoms with Crippen molar-refractivity contribution in [2.24, 2.45) is 0 Å². The Morgan fingerprint density at radius 3 is 2.32 bits per heavy atom. The first kappa shape index (κ1) is 19.0. The van der Waals surface area contributed by atoms with Gasteiger partial charge in [0.2, 0.25) is 0 Å². The van der Waals surface area contributed by atoms with Crippen LogP contribution in [0.5, 0.6) is 0 Å². The highest BCUT2D eigenvalue weighted by Crippen LogP contribution is 2.46. The summed E-state index contributed by atoms with van der Waals surface area (Å²) >= 11 is 37.8. The Morgan fingerprint density at radius 1 is 1.08 bits per heavy atom. The molecule has 1 aromatic carbocycles. The molecule has 0 aliphatic heterocycles. The largest absolute Gasteiger partial charge is 0.292 e. The third kappa shape index (κ3) is 3.30. The summed E-state index contributed by atoms with van der Waals surface area (Å²) in [6.45, 7) is 0.